The highest BCUT2D eigenvalue weighted by Crippen LogP contribution is 2.19. The average molecular weight is 288 g/mol. The van der Waals surface area contributed by atoms with Gasteiger partial charge in [-0.1, -0.05) is 5.16 Å². The summed E-state index contributed by atoms with van der Waals surface area (Å²) in [5.41, 5.74) is 0. The molecular formula is C9H10BrN3OS. The zero-order valence-corrected chi connectivity index (χ0v) is 10.3. The molecule has 0 aliphatic carbocycles. The van der Waals surface area contributed by atoms with Crippen molar-refractivity contribution in [3.63, 3.8) is 0 Å². The maximum atomic E-state index is 4.88. The predicted octanol–water partition coefficient (Wildman–Crippen LogP) is 2.23. The Morgan fingerprint density at radius 2 is 2.47 bits per heavy atom. The third-order valence-corrected chi connectivity index (χ3v) is 3.54. The van der Waals surface area contributed by atoms with E-state index in [9.17, 15) is 0 Å². The molecule has 2 rings (SSSR count). The van der Waals surface area contributed by atoms with Crippen LogP contribution in [-0.4, -0.2) is 16.7 Å². The van der Waals surface area contributed by atoms with Crippen LogP contribution in [0.25, 0.3) is 0 Å². The van der Waals surface area contributed by atoms with E-state index in [1.54, 1.807) is 11.3 Å². The van der Waals surface area contributed by atoms with Crippen LogP contribution in [0.3, 0.4) is 0 Å². The molecular weight excluding hydrogens is 278 g/mol. The lowest BCUT2D eigenvalue weighted by Gasteiger charge is -1.99. The monoisotopic (exact) mass is 287 g/mol. The van der Waals surface area contributed by atoms with E-state index in [2.05, 4.69) is 42.8 Å². The van der Waals surface area contributed by atoms with Gasteiger partial charge in [0, 0.05) is 34.2 Å². The number of aromatic nitrogens is 2. The molecule has 1 N–H and O–H groups in total. The number of halogens is 1. The fourth-order valence-electron chi connectivity index (χ4n) is 1.16. The van der Waals surface area contributed by atoms with Crippen LogP contribution in [0.5, 0.6) is 0 Å². The summed E-state index contributed by atoms with van der Waals surface area (Å²) in [4.78, 5) is 5.25. The summed E-state index contributed by atoms with van der Waals surface area (Å²) in [6.45, 7) is 1.72. The van der Waals surface area contributed by atoms with Gasteiger partial charge in [0.1, 0.15) is 0 Å². The SMILES string of the molecule is Brc1csc(CNCCc2ncno2)c1. The predicted molar refractivity (Wildman–Crippen MR) is 61.7 cm³/mol. The summed E-state index contributed by atoms with van der Waals surface area (Å²) in [5.74, 6) is 0.676. The van der Waals surface area contributed by atoms with Crippen molar-refractivity contribution in [2.45, 2.75) is 13.0 Å². The summed E-state index contributed by atoms with van der Waals surface area (Å²) >= 11 is 5.16. The van der Waals surface area contributed by atoms with E-state index in [0.29, 0.717) is 5.89 Å². The minimum Gasteiger partial charge on any atom is -0.340 e. The van der Waals surface area contributed by atoms with Gasteiger partial charge in [-0.3, -0.25) is 0 Å². The minimum atomic E-state index is 0.676. The van der Waals surface area contributed by atoms with Gasteiger partial charge >= 0.3 is 0 Å². The fraction of sp³-hybridized carbons (Fsp3) is 0.333. The van der Waals surface area contributed by atoms with Crippen molar-refractivity contribution in [2.75, 3.05) is 6.54 Å². The van der Waals surface area contributed by atoms with E-state index >= 15 is 0 Å². The molecule has 15 heavy (non-hydrogen) atoms. The summed E-state index contributed by atoms with van der Waals surface area (Å²) in [6, 6.07) is 2.12. The van der Waals surface area contributed by atoms with E-state index in [1.165, 1.54) is 11.2 Å². The van der Waals surface area contributed by atoms with E-state index in [4.69, 9.17) is 4.52 Å². The molecule has 4 nitrogen and oxygen atoms in total. The van der Waals surface area contributed by atoms with Gasteiger partial charge in [-0.25, -0.2) is 0 Å². The van der Waals surface area contributed by atoms with Gasteiger partial charge in [-0.05, 0) is 22.0 Å². The van der Waals surface area contributed by atoms with Crippen LogP contribution >= 0.6 is 27.3 Å². The number of rotatable bonds is 5. The van der Waals surface area contributed by atoms with Crippen molar-refractivity contribution in [1.82, 2.24) is 15.5 Å². The summed E-state index contributed by atoms with van der Waals surface area (Å²) < 4.78 is 6.02. The molecule has 6 heteroatoms. The lowest BCUT2D eigenvalue weighted by atomic mass is 10.4. The third-order valence-electron chi connectivity index (χ3n) is 1.84. The van der Waals surface area contributed by atoms with Gasteiger partial charge in [0.2, 0.25) is 5.89 Å². The summed E-state index contributed by atoms with van der Waals surface area (Å²) in [7, 11) is 0. The van der Waals surface area contributed by atoms with Crippen LogP contribution in [0.1, 0.15) is 10.8 Å². The highest BCUT2D eigenvalue weighted by atomic mass is 79.9. The molecule has 2 heterocycles. The Kier molecular flexibility index (Phi) is 3.87. The van der Waals surface area contributed by atoms with Crippen molar-refractivity contribution in [3.05, 3.63) is 33.0 Å². The molecule has 0 fully saturated rings. The van der Waals surface area contributed by atoms with Crippen LogP contribution in [0, 0.1) is 0 Å². The third kappa shape index (κ3) is 3.40. The second-order valence-electron chi connectivity index (χ2n) is 2.99. The molecule has 0 aromatic carbocycles. The normalized spacial score (nSPS) is 10.7. The van der Waals surface area contributed by atoms with E-state index in [1.807, 2.05) is 0 Å². The van der Waals surface area contributed by atoms with Crippen LogP contribution in [0.2, 0.25) is 0 Å². The average Bonchev–Trinajstić information content (AvgIpc) is 2.84. The van der Waals surface area contributed by atoms with Crippen molar-refractivity contribution in [3.8, 4) is 0 Å². The van der Waals surface area contributed by atoms with Gasteiger partial charge in [0.05, 0.1) is 0 Å². The molecule has 0 bridgehead atoms. The first-order valence-electron chi connectivity index (χ1n) is 4.54. The quantitative estimate of drug-likeness (QED) is 0.857. The zero-order chi connectivity index (χ0) is 10.5. The Morgan fingerprint density at radius 3 is 3.13 bits per heavy atom. The maximum absolute atomic E-state index is 4.88. The van der Waals surface area contributed by atoms with E-state index in [-0.39, 0.29) is 0 Å². The number of thiophene rings is 1. The number of hydrogen-bond donors (Lipinski definition) is 1. The van der Waals surface area contributed by atoms with Crippen LogP contribution in [-0.2, 0) is 13.0 Å². The topological polar surface area (TPSA) is 51.0 Å². The first-order valence-corrected chi connectivity index (χ1v) is 6.21. The molecule has 0 amide bonds. The Bertz CT molecular complexity index is 401. The van der Waals surface area contributed by atoms with Crippen LogP contribution < -0.4 is 5.32 Å². The molecule has 0 atom stereocenters. The van der Waals surface area contributed by atoms with Crippen molar-refractivity contribution in [2.24, 2.45) is 0 Å². The maximum Gasteiger partial charge on any atom is 0.227 e. The molecule has 2 aromatic rings. The first kappa shape index (κ1) is 10.8. The zero-order valence-electron chi connectivity index (χ0n) is 7.94. The lowest BCUT2D eigenvalue weighted by Crippen LogP contribution is -2.16. The second-order valence-corrected chi connectivity index (χ2v) is 4.90. The standard InChI is InChI=1S/C9H10BrN3OS/c10-7-3-8(15-5-7)4-11-2-1-9-12-6-13-14-9/h3,5-6,11H,1-2,4H2. The Balaban J connectivity index is 1.67. The highest BCUT2D eigenvalue weighted by molar-refractivity contribution is 9.10. The van der Waals surface area contributed by atoms with Crippen molar-refractivity contribution in [1.29, 1.82) is 0 Å². The molecule has 0 saturated carbocycles. The first-order chi connectivity index (χ1) is 7.34. The molecule has 0 aliphatic heterocycles. The van der Waals surface area contributed by atoms with Gasteiger partial charge in [-0.2, -0.15) is 4.98 Å². The largest absolute Gasteiger partial charge is 0.340 e. The lowest BCUT2D eigenvalue weighted by molar-refractivity contribution is 0.375. The van der Waals surface area contributed by atoms with Gasteiger partial charge in [0.25, 0.3) is 0 Å². The van der Waals surface area contributed by atoms with Crippen LogP contribution in [0.15, 0.2) is 26.8 Å². The van der Waals surface area contributed by atoms with Crippen molar-refractivity contribution < 1.29 is 4.52 Å². The van der Waals surface area contributed by atoms with E-state index in [0.717, 1.165) is 24.0 Å². The number of hydrogen-bond acceptors (Lipinski definition) is 5. The number of nitrogens with zero attached hydrogens (tertiary/aromatic N) is 2. The molecule has 2 aromatic heterocycles. The van der Waals surface area contributed by atoms with Gasteiger partial charge in [0.15, 0.2) is 6.33 Å². The number of nitrogens with one attached hydrogen (secondary N) is 1. The highest BCUT2D eigenvalue weighted by Gasteiger charge is 1.99. The molecule has 0 radical (unpaired) electrons. The minimum absolute atomic E-state index is 0.676. The smallest absolute Gasteiger partial charge is 0.227 e. The second kappa shape index (κ2) is 5.39. The van der Waals surface area contributed by atoms with E-state index < -0.39 is 0 Å². The Hall–Kier alpha value is -0.720. The Morgan fingerprint density at radius 1 is 1.53 bits per heavy atom. The Labute approximate surface area is 99.8 Å². The van der Waals surface area contributed by atoms with Crippen LogP contribution in [0.4, 0.5) is 0 Å². The molecule has 0 aliphatic rings. The van der Waals surface area contributed by atoms with Gasteiger partial charge in [-0.15, -0.1) is 11.3 Å². The van der Waals surface area contributed by atoms with Crippen molar-refractivity contribution >= 4 is 27.3 Å². The summed E-state index contributed by atoms with van der Waals surface area (Å²) in [6.07, 6.45) is 2.19. The van der Waals surface area contributed by atoms with Gasteiger partial charge < -0.3 is 9.84 Å². The molecule has 0 spiro atoms. The molecule has 0 unspecified atom stereocenters. The fourth-order valence-corrected chi connectivity index (χ4v) is 2.58. The summed E-state index contributed by atoms with van der Waals surface area (Å²) in [5, 5.41) is 8.94. The molecule has 0 saturated heterocycles. The molecule has 80 valence electrons.